The molecule has 0 saturated carbocycles. The van der Waals surface area contributed by atoms with Crippen LogP contribution in [0.15, 0.2) is 6.07 Å². The summed E-state index contributed by atoms with van der Waals surface area (Å²) in [6, 6.07) is 2.60. The van der Waals surface area contributed by atoms with Crippen molar-refractivity contribution >= 4 is 0 Å². The van der Waals surface area contributed by atoms with Crippen molar-refractivity contribution in [1.82, 2.24) is 15.3 Å². The molecule has 1 unspecified atom stereocenters. The molecule has 0 aliphatic carbocycles. The summed E-state index contributed by atoms with van der Waals surface area (Å²) in [5.41, 5.74) is 2.54. The Morgan fingerprint density at radius 3 is 2.32 bits per heavy atom. The van der Waals surface area contributed by atoms with Crippen LogP contribution in [0.5, 0.6) is 0 Å². The van der Waals surface area contributed by atoms with Gasteiger partial charge in [0.15, 0.2) is 0 Å². The molecule has 0 aliphatic heterocycles. The fourth-order valence-electron chi connectivity index (χ4n) is 2.20. The Hall–Kier alpha value is -0.960. The van der Waals surface area contributed by atoms with Gasteiger partial charge < -0.3 is 5.32 Å². The highest BCUT2D eigenvalue weighted by molar-refractivity contribution is 5.13. The van der Waals surface area contributed by atoms with Crippen LogP contribution in [0.1, 0.15) is 58.3 Å². The molecule has 0 fully saturated rings. The Balaban J connectivity index is 2.86. The molecule has 1 N–H and O–H groups in total. The van der Waals surface area contributed by atoms with E-state index >= 15 is 0 Å². The Labute approximate surface area is 118 Å². The Kier molecular flexibility index (Phi) is 5.92. The summed E-state index contributed by atoms with van der Waals surface area (Å²) in [6.45, 7) is 14.2. The predicted octanol–water partition coefficient (Wildman–Crippen LogP) is 3.30. The number of nitrogens with zero attached hydrogens (tertiary/aromatic N) is 2. The maximum Gasteiger partial charge on any atom is 0.125 e. The fourth-order valence-corrected chi connectivity index (χ4v) is 2.20. The molecule has 1 atom stereocenters. The second-order valence-electron chi connectivity index (χ2n) is 6.33. The molecule has 0 radical (unpaired) electrons. The average molecular weight is 263 g/mol. The first-order chi connectivity index (χ1) is 8.86. The van der Waals surface area contributed by atoms with Gasteiger partial charge in [-0.15, -0.1) is 0 Å². The lowest BCUT2D eigenvalue weighted by Gasteiger charge is -2.31. The van der Waals surface area contributed by atoms with Crippen molar-refractivity contribution in [1.29, 1.82) is 0 Å². The number of aromatic nitrogens is 2. The van der Waals surface area contributed by atoms with Gasteiger partial charge in [0.25, 0.3) is 0 Å². The van der Waals surface area contributed by atoms with Crippen molar-refractivity contribution in [3.63, 3.8) is 0 Å². The molecular formula is C16H29N3. The summed E-state index contributed by atoms with van der Waals surface area (Å²) in [7, 11) is 0. The van der Waals surface area contributed by atoms with Gasteiger partial charge in [-0.25, -0.2) is 9.97 Å². The largest absolute Gasteiger partial charge is 0.313 e. The molecule has 1 rings (SSSR count). The Morgan fingerprint density at radius 2 is 1.79 bits per heavy atom. The van der Waals surface area contributed by atoms with Crippen molar-refractivity contribution in [2.45, 2.75) is 66.8 Å². The van der Waals surface area contributed by atoms with Crippen LogP contribution >= 0.6 is 0 Å². The monoisotopic (exact) mass is 263 g/mol. The van der Waals surface area contributed by atoms with Crippen molar-refractivity contribution in [2.24, 2.45) is 5.41 Å². The molecule has 0 amide bonds. The normalized spacial score (nSPS) is 13.6. The van der Waals surface area contributed by atoms with Crippen molar-refractivity contribution in [3.05, 3.63) is 23.3 Å². The summed E-state index contributed by atoms with van der Waals surface area (Å²) in [5.74, 6) is 0.887. The molecule has 0 aliphatic rings. The smallest absolute Gasteiger partial charge is 0.125 e. The van der Waals surface area contributed by atoms with Crippen molar-refractivity contribution in [3.8, 4) is 0 Å². The van der Waals surface area contributed by atoms with Crippen molar-refractivity contribution in [2.75, 3.05) is 6.54 Å². The highest BCUT2D eigenvalue weighted by Crippen LogP contribution is 2.22. The molecule has 1 aromatic heterocycles. The van der Waals surface area contributed by atoms with Gasteiger partial charge >= 0.3 is 0 Å². The Bertz CT molecular complexity index is 393. The predicted molar refractivity (Wildman–Crippen MR) is 81.4 cm³/mol. The lowest BCUT2D eigenvalue weighted by molar-refractivity contribution is 0.265. The van der Waals surface area contributed by atoms with E-state index in [9.17, 15) is 0 Å². The zero-order valence-corrected chi connectivity index (χ0v) is 13.4. The standard InChI is InChI=1S/C16H29N3/c1-7-9-17-15(16(4,5)6)11-14-10-13(8-2)18-12(3)19-14/h10,15,17H,7-9,11H2,1-6H3. The van der Waals surface area contributed by atoms with Crippen LogP contribution in [0.2, 0.25) is 0 Å². The number of nitrogens with one attached hydrogen (secondary N) is 1. The molecule has 108 valence electrons. The van der Waals surface area contributed by atoms with E-state index in [1.807, 2.05) is 6.92 Å². The van der Waals surface area contributed by atoms with Gasteiger partial charge in [0.2, 0.25) is 0 Å². The van der Waals surface area contributed by atoms with Crippen LogP contribution in [0.25, 0.3) is 0 Å². The zero-order valence-electron chi connectivity index (χ0n) is 13.4. The minimum absolute atomic E-state index is 0.237. The van der Waals surface area contributed by atoms with E-state index < -0.39 is 0 Å². The summed E-state index contributed by atoms with van der Waals surface area (Å²) < 4.78 is 0. The second-order valence-corrected chi connectivity index (χ2v) is 6.33. The lowest BCUT2D eigenvalue weighted by Crippen LogP contribution is -2.42. The van der Waals surface area contributed by atoms with Gasteiger partial charge in [0, 0.05) is 23.9 Å². The first-order valence-corrected chi connectivity index (χ1v) is 7.43. The molecule has 0 spiro atoms. The van der Waals surface area contributed by atoms with Crippen LogP contribution in [-0.4, -0.2) is 22.6 Å². The van der Waals surface area contributed by atoms with E-state index in [0.29, 0.717) is 6.04 Å². The molecule has 3 nitrogen and oxygen atoms in total. The number of rotatable bonds is 6. The molecule has 1 heterocycles. The van der Waals surface area contributed by atoms with Crippen LogP contribution in [0.3, 0.4) is 0 Å². The topological polar surface area (TPSA) is 37.8 Å². The summed E-state index contributed by atoms with van der Waals surface area (Å²) in [5, 5.41) is 3.65. The number of hydrogen-bond acceptors (Lipinski definition) is 3. The second kappa shape index (κ2) is 6.99. The fraction of sp³-hybridized carbons (Fsp3) is 0.750. The summed E-state index contributed by atoms with van der Waals surface area (Å²) in [6.07, 6.45) is 3.11. The third-order valence-corrected chi connectivity index (χ3v) is 3.41. The van der Waals surface area contributed by atoms with E-state index in [2.05, 4.69) is 56.0 Å². The molecule has 0 saturated heterocycles. The molecule has 19 heavy (non-hydrogen) atoms. The van der Waals surface area contributed by atoms with Gasteiger partial charge in [-0.2, -0.15) is 0 Å². The number of aryl methyl sites for hydroxylation is 2. The van der Waals surface area contributed by atoms with Crippen molar-refractivity contribution < 1.29 is 0 Å². The van der Waals surface area contributed by atoms with Gasteiger partial charge in [0.05, 0.1) is 0 Å². The van der Waals surface area contributed by atoms with Crippen LogP contribution in [0.4, 0.5) is 0 Å². The van der Waals surface area contributed by atoms with Gasteiger partial charge in [-0.05, 0) is 37.8 Å². The van der Waals surface area contributed by atoms with E-state index in [1.54, 1.807) is 0 Å². The minimum Gasteiger partial charge on any atom is -0.313 e. The summed E-state index contributed by atoms with van der Waals surface area (Å²) >= 11 is 0. The lowest BCUT2D eigenvalue weighted by atomic mass is 9.84. The highest BCUT2D eigenvalue weighted by Gasteiger charge is 2.24. The van der Waals surface area contributed by atoms with Crippen LogP contribution in [0, 0.1) is 12.3 Å². The minimum atomic E-state index is 0.237. The molecule has 3 heteroatoms. The van der Waals surface area contributed by atoms with Gasteiger partial charge in [-0.1, -0.05) is 34.6 Å². The van der Waals surface area contributed by atoms with Crippen LogP contribution < -0.4 is 5.32 Å². The molecular weight excluding hydrogens is 234 g/mol. The van der Waals surface area contributed by atoms with E-state index in [0.717, 1.165) is 43.0 Å². The zero-order chi connectivity index (χ0) is 14.5. The quantitative estimate of drug-likeness (QED) is 0.855. The van der Waals surface area contributed by atoms with Gasteiger partial charge in [0.1, 0.15) is 5.82 Å². The van der Waals surface area contributed by atoms with E-state index in [1.165, 1.54) is 0 Å². The highest BCUT2D eigenvalue weighted by atomic mass is 14.9. The first kappa shape index (κ1) is 16.1. The number of hydrogen-bond donors (Lipinski definition) is 1. The van der Waals surface area contributed by atoms with Gasteiger partial charge in [-0.3, -0.25) is 0 Å². The SMILES string of the molecule is CCCNC(Cc1cc(CC)nc(C)n1)C(C)(C)C. The summed E-state index contributed by atoms with van der Waals surface area (Å²) in [4.78, 5) is 9.04. The molecule has 1 aromatic rings. The molecule has 0 bridgehead atoms. The third-order valence-electron chi connectivity index (χ3n) is 3.41. The maximum absolute atomic E-state index is 4.59. The Morgan fingerprint density at radius 1 is 1.16 bits per heavy atom. The van der Waals surface area contributed by atoms with E-state index in [-0.39, 0.29) is 5.41 Å². The third kappa shape index (κ3) is 5.27. The maximum atomic E-state index is 4.59. The van der Waals surface area contributed by atoms with E-state index in [4.69, 9.17) is 0 Å². The average Bonchev–Trinajstić information content (AvgIpc) is 2.32. The molecule has 0 aromatic carbocycles. The van der Waals surface area contributed by atoms with Crippen LogP contribution in [-0.2, 0) is 12.8 Å². The first-order valence-electron chi connectivity index (χ1n) is 7.43.